The summed E-state index contributed by atoms with van der Waals surface area (Å²) in [6.45, 7) is 2.57. The Hall–Kier alpha value is -0.510. The second-order valence-electron chi connectivity index (χ2n) is 4.26. The van der Waals surface area contributed by atoms with Gasteiger partial charge in [0, 0.05) is 14.5 Å². The fourth-order valence-electron chi connectivity index (χ4n) is 1.84. The van der Waals surface area contributed by atoms with Crippen LogP contribution < -0.4 is 4.74 Å². The molecule has 100 valence electrons. The molecule has 0 bridgehead atoms. The quantitative estimate of drug-likeness (QED) is 0.582. The van der Waals surface area contributed by atoms with E-state index in [1.807, 2.05) is 43.3 Å². The van der Waals surface area contributed by atoms with Gasteiger partial charge in [-0.05, 0) is 42.3 Å². The second kappa shape index (κ2) is 6.78. The van der Waals surface area contributed by atoms with Gasteiger partial charge in [0.2, 0.25) is 0 Å². The van der Waals surface area contributed by atoms with Crippen LogP contribution in [0.5, 0.6) is 5.75 Å². The Balaban J connectivity index is 2.17. The van der Waals surface area contributed by atoms with E-state index >= 15 is 0 Å². The largest absolute Gasteiger partial charge is 0.488 e. The van der Waals surface area contributed by atoms with Gasteiger partial charge in [0.25, 0.3) is 0 Å². The fraction of sp³-hybridized carbons (Fsp3) is 0.200. The molecule has 0 atom stereocenters. The summed E-state index contributed by atoms with van der Waals surface area (Å²) in [5.41, 5.74) is 3.22. The van der Waals surface area contributed by atoms with E-state index in [0.717, 1.165) is 31.4 Å². The van der Waals surface area contributed by atoms with Crippen LogP contribution in [0.25, 0.3) is 0 Å². The number of hydrogen-bond donors (Lipinski definition) is 0. The molecule has 2 aromatic carbocycles. The van der Waals surface area contributed by atoms with Gasteiger partial charge in [-0.15, -0.1) is 11.6 Å². The highest BCUT2D eigenvalue weighted by molar-refractivity contribution is 9.10. The van der Waals surface area contributed by atoms with Gasteiger partial charge in [-0.3, -0.25) is 0 Å². The number of aryl methyl sites for hydroxylation is 1. The monoisotopic (exact) mass is 402 g/mol. The third-order valence-corrected chi connectivity index (χ3v) is 4.03. The summed E-state index contributed by atoms with van der Waals surface area (Å²) in [6.07, 6.45) is 0. The van der Waals surface area contributed by atoms with Crippen molar-refractivity contribution in [1.82, 2.24) is 0 Å². The van der Waals surface area contributed by atoms with Crippen LogP contribution in [-0.2, 0) is 12.5 Å². The van der Waals surface area contributed by atoms with Crippen LogP contribution in [0.2, 0.25) is 0 Å². The molecule has 0 heterocycles. The molecular weight excluding hydrogens is 391 g/mol. The average molecular weight is 405 g/mol. The van der Waals surface area contributed by atoms with Gasteiger partial charge in [0.05, 0.1) is 5.88 Å². The van der Waals surface area contributed by atoms with Crippen molar-refractivity contribution < 1.29 is 4.74 Å². The van der Waals surface area contributed by atoms with Gasteiger partial charge in [-0.2, -0.15) is 0 Å². The minimum absolute atomic E-state index is 0.440. The first-order chi connectivity index (χ1) is 9.10. The lowest BCUT2D eigenvalue weighted by Crippen LogP contribution is -2.00. The molecule has 0 N–H and O–H groups in total. The Morgan fingerprint density at radius 3 is 2.37 bits per heavy atom. The maximum Gasteiger partial charge on any atom is 0.127 e. The highest BCUT2D eigenvalue weighted by atomic mass is 79.9. The molecule has 0 aliphatic carbocycles. The second-order valence-corrected chi connectivity index (χ2v) is 6.36. The van der Waals surface area contributed by atoms with Crippen LogP contribution in [0.4, 0.5) is 0 Å². The van der Waals surface area contributed by atoms with Gasteiger partial charge in [-0.25, -0.2) is 0 Å². The molecule has 0 aliphatic rings. The molecule has 0 radical (unpaired) electrons. The van der Waals surface area contributed by atoms with E-state index in [9.17, 15) is 0 Å². The Labute approximate surface area is 135 Å². The van der Waals surface area contributed by atoms with Gasteiger partial charge >= 0.3 is 0 Å². The van der Waals surface area contributed by atoms with Crippen LogP contribution in [-0.4, -0.2) is 0 Å². The number of benzene rings is 2. The summed E-state index contributed by atoms with van der Waals surface area (Å²) in [5.74, 6) is 1.32. The zero-order valence-electron chi connectivity index (χ0n) is 10.4. The third-order valence-electron chi connectivity index (χ3n) is 2.76. The highest BCUT2D eigenvalue weighted by Gasteiger charge is 2.08. The molecule has 0 spiro atoms. The van der Waals surface area contributed by atoms with Gasteiger partial charge in [0.1, 0.15) is 12.4 Å². The first kappa shape index (κ1) is 14.9. The molecule has 2 aromatic rings. The van der Waals surface area contributed by atoms with Crippen LogP contribution in [0.1, 0.15) is 16.7 Å². The molecule has 0 unspecified atom stereocenters. The predicted molar refractivity (Wildman–Crippen MR) is 86.9 cm³/mol. The minimum Gasteiger partial charge on any atom is -0.488 e. The summed E-state index contributed by atoms with van der Waals surface area (Å²) in [7, 11) is 0. The van der Waals surface area contributed by atoms with Gasteiger partial charge in [0.15, 0.2) is 0 Å². The Morgan fingerprint density at radius 2 is 1.74 bits per heavy atom. The van der Waals surface area contributed by atoms with Crippen molar-refractivity contribution in [3.05, 3.63) is 62.0 Å². The van der Waals surface area contributed by atoms with Crippen molar-refractivity contribution >= 4 is 43.5 Å². The van der Waals surface area contributed by atoms with E-state index in [1.165, 1.54) is 0 Å². The summed E-state index contributed by atoms with van der Waals surface area (Å²) in [5, 5.41) is 0. The van der Waals surface area contributed by atoms with Crippen molar-refractivity contribution in [2.24, 2.45) is 0 Å². The molecule has 0 aromatic heterocycles. The molecule has 1 nitrogen and oxygen atoms in total. The van der Waals surface area contributed by atoms with Gasteiger partial charge in [-0.1, -0.05) is 44.0 Å². The maximum atomic E-state index is 5.97. The van der Waals surface area contributed by atoms with Crippen LogP contribution >= 0.6 is 43.5 Å². The van der Waals surface area contributed by atoms with E-state index in [0.29, 0.717) is 12.5 Å². The molecular formula is C15H13Br2ClO. The summed E-state index contributed by atoms with van der Waals surface area (Å²) >= 11 is 12.9. The minimum atomic E-state index is 0.440. The van der Waals surface area contributed by atoms with E-state index in [-0.39, 0.29) is 0 Å². The molecule has 0 amide bonds. The van der Waals surface area contributed by atoms with Crippen molar-refractivity contribution in [2.45, 2.75) is 19.4 Å². The summed E-state index contributed by atoms with van der Waals surface area (Å²) < 4.78 is 8.01. The van der Waals surface area contributed by atoms with E-state index in [1.54, 1.807) is 0 Å². The smallest absolute Gasteiger partial charge is 0.127 e. The Bertz CT molecular complexity index is 567. The molecule has 0 saturated carbocycles. The van der Waals surface area contributed by atoms with E-state index < -0.39 is 0 Å². The fourth-order valence-corrected chi connectivity index (χ4v) is 2.92. The lowest BCUT2D eigenvalue weighted by Gasteiger charge is -2.13. The SMILES string of the molecule is Cc1cc(Br)cc(CCl)c1OCc1ccc(Br)cc1. The first-order valence-electron chi connectivity index (χ1n) is 5.82. The summed E-state index contributed by atoms with van der Waals surface area (Å²) in [6, 6.07) is 12.1. The number of ether oxygens (including phenoxy) is 1. The Kier molecular flexibility index (Phi) is 5.31. The van der Waals surface area contributed by atoms with Crippen molar-refractivity contribution in [1.29, 1.82) is 0 Å². The molecule has 0 saturated heterocycles. The maximum absolute atomic E-state index is 5.97. The third kappa shape index (κ3) is 3.98. The van der Waals surface area contributed by atoms with Gasteiger partial charge < -0.3 is 4.74 Å². The zero-order valence-corrected chi connectivity index (χ0v) is 14.3. The van der Waals surface area contributed by atoms with Crippen LogP contribution in [0, 0.1) is 6.92 Å². The van der Waals surface area contributed by atoms with Crippen LogP contribution in [0.15, 0.2) is 45.3 Å². The van der Waals surface area contributed by atoms with Crippen LogP contribution in [0.3, 0.4) is 0 Å². The van der Waals surface area contributed by atoms with E-state index in [2.05, 4.69) is 31.9 Å². The lowest BCUT2D eigenvalue weighted by molar-refractivity contribution is 0.301. The molecule has 0 aliphatic heterocycles. The zero-order chi connectivity index (χ0) is 13.8. The number of rotatable bonds is 4. The average Bonchev–Trinajstić information content (AvgIpc) is 2.39. The number of hydrogen-bond acceptors (Lipinski definition) is 1. The van der Waals surface area contributed by atoms with Crippen molar-refractivity contribution in [3.8, 4) is 5.75 Å². The molecule has 0 fully saturated rings. The van der Waals surface area contributed by atoms with Crippen molar-refractivity contribution in [2.75, 3.05) is 0 Å². The normalized spacial score (nSPS) is 10.5. The predicted octanol–water partition coefficient (Wildman–Crippen LogP) is 5.84. The topological polar surface area (TPSA) is 9.23 Å². The van der Waals surface area contributed by atoms with E-state index in [4.69, 9.17) is 16.3 Å². The lowest BCUT2D eigenvalue weighted by atomic mass is 10.1. The first-order valence-corrected chi connectivity index (χ1v) is 7.94. The molecule has 2 rings (SSSR count). The Morgan fingerprint density at radius 1 is 1.05 bits per heavy atom. The molecule has 19 heavy (non-hydrogen) atoms. The molecule has 4 heteroatoms. The van der Waals surface area contributed by atoms with Crippen molar-refractivity contribution in [3.63, 3.8) is 0 Å². The number of alkyl halides is 1. The highest BCUT2D eigenvalue weighted by Crippen LogP contribution is 2.30. The standard InChI is InChI=1S/C15H13Br2ClO/c1-10-6-14(17)7-12(8-18)15(10)19-9-11-2-4-13(16)5-3-11/h2-7H,8-9H2,1H3. The summed E-state index contributed by atoms with van der Waals surface area (Å²) in [4.78, 5) is 0. The number of halogens is 3.